The molecular weight excluding hydrogens is 178 g/mol. The SMILES string of the molecule is O=C1CC(O)C(Cc2ccccc2)N1. The third-order valence-electron chi connectivity index (χ3n) is 2.50. The molecule has 2 atom stereocenters. The van der Waals surface area contributed by atoms with Crippen molar-refractivity contribution in [3.8, 4) is 0 Å². The molecular formula is C11H13NO2. The Bertz CT molecular complexity index is 323. The topological polar surface area (TPSA) is 49.3 Å². The molecule has 14 heavy (non-hydrogen) atoms. The molecule has 3 nitrogen and oxygen atoms in total. The minimum absolute atomic E-state index is 0.0570. The van der Waals surface area contributed by atoms with Crippen LogP contribution >= 0.6 is 0 Å². The van der Waals surface area contributed by atoms with Crippen LogP contribution in [0.1, 0.15) is 12.0 Å². The molecule has 0 aliphatic carbocycles. The second kappa shape index (κ2) is 3.80. The number of nitrogens with one attached hydrogen (secondary N) is 1. The summed E-state index contributed by atoms with van der Waals surface area (Å²) in [5, 5.41) is 12.3. The predicted octanol–water partition coefficient (Wildman–Crippen LogP) is 0.478. The molecule has 1 aromatic rings. The monoisotopic (exact) mass is 191 g/mol. The first kappa shape index (κ1) is 9.21. The number of aliphatic hydroxyl groups is 1. The standard InChI is InChI=1S/C11H13NO2/c13-10-7-11(14)12-9(10)6-8-4-2-1-3-5-8/h1-5,9-10,13H,6-7H2,(H,12,14). The maximum Gasteiger partial charge on any atom is 0.223 e. The van der Waals surface area contributed by atoms with Gasteiger partial charge in [-0.15, -0.1) is 0 Å². The summed E-state index contributed by atoms with van der Waals surface area (Å²) in [6.07, 6.45) is 0.397. The summed E-state index contributed by atoms with van der Waals surface area (Å²) in [6, 6.07) is 9.74. The number of benzene rings is 1. The van der Waals surface area contributed by atoms with Gasteiger partial charge in [-0.2, -0.15) is 0 Å². The average Bonchev–Trinajstić information content (AvgIpc) is 2.47. The van der Waals surface area contributed by atoms with Crippen molar-refractivity contribution in [2.24, 2.45) is 0 Å². The highest BCUT2D eigenvalue weighted by atomic mass is 16.3. The molecule has 1 fully saturated rings. The molecule has 1 amide bonds. The molecule has 0 saturated carbocycles. The summed E-state index contributed by atoms with van der Waals surface area (Å²) in [5.74, 6) is -0.0570. The fourth-order valence-electron chi connectivity index (χ4n) is 1.75. The van der Waals surface area contributed by atoms with E-state index in [4.69, 9.17) is 0 Å². The van der Waals surface area contributed by atoms with Gasteiger partial charge in [0.15, 0.2) is 0 Å². The van der Waals surface area contributed by atoms with Gasteiger partial charge in [-0.1, -0.05) is 30.3 Å². The van der Waals surface area contributed by atoms with Crippen molar-refractivity contribution < 1.29 is 9.90 Å². The van der Waals surface area contributed by atoms with E-state index in [1.807, 2.05) is 30.3 Å². The van der Waals surface area contributed by atoms with E-state index in [2.05, 4.69) is 5.32 Å². The van der Waals surface area contributed by atoms with E-state index in [-0.39, 0.29) is 18.4 Å². The first-order valence-corrected chi connectivity index (χ1v) is 4.77. The summed E-state index contributed by atoms with van der Waals surface area (Å²) >= 11 is 0. The Morgan fingerprint density at radius 3 is 2.64 bits per heavy atom. The first-order valence-electron chi connectivity index (χ1n) is 4.77. The van der Waals surface area contributed by atoms with Crippen LogP contribution in [-0.4, -0.2) is 23.2 Å². The van der Waals surface area contributed by atoms with Crippen molar-refractivity contribution in [2.45, 2.75) is 25.0 Å². The third kappa shape index (κ3) is 1.93. The Morgan fingerprint density at radius 2 is 2.07 bits per heavy atom. The van der Waals surface area contributed by atoms with Gasteiger partial charge in [0.2, 0.25) is 5.91 Å². The number of amides is 1. The number of hydrogen-bond donors (Lipinski definition) is 2. The zero-order valence-electron chi connectivity index (χ0n) is 7.81. The van der Waals surface area contributed by atoms with Crippen LogP contribution in [0.15, 0.2) is 30.3 Å². The second-order valence-electron chi connectivity index (χ2n) is 3.64. The maximum atomic E-state index is 11.0. The summed E-state index contributed by atoms with van der Waals surface area (Å²) in [7, 11) is 0. The first-order chi connectivity index (χ1) is 6.75. The van der Waals surface area contributed by atoms with Crippen molar-refractivity contribution in [3.63, 3.8) is 0 Å². The van der Waals surface area contributed by atoms with Gasteiger partial charge >= 0.3 is 0 Å². The lowest BCUT2D eigenvalue weighted by molar-refractivity contribution is -0.119. The summed E-state index contributed by atoms with van der Waals surface area (Å²) in [5.41, 5.74) is 1.14. The van der Waals surface area contributed by atoms with Gasteiger partial charge in [-0.25, -0.2) is 0 Å². The molecule has 1 aliphatic heterocycles. The number of carbonyl (C=O) groups excluding carboxylic acids is 1. The quantitative estimate of drug-likeness (QED) is 0.714. The van der Waals surface area contributed by atoms with Crippen molar-refractivity contribution in [1.29, 1.82) is 0 Å². The molecule has 0 spiro atoms. The molecule has 74 valence electrons. The second-order valence-corrected chi connectivity index (χ2v) is 3.64. The van der Waals surface area contributed by atoms with Crippen LogP contribution in [0.2, 0.25) is 0 Å². The van der Waals surface area contributed by atoms with Crippen molar-refractivity contribution in [3.05, 3.63) is 35.9 Å². The van der Waals surface area contributed by atoms with Gasteiger partial charge in [0, 0.05) is 0 Å². The highest BCUT2D eigenvalue weighted by molar-refractivity contribution is 5.79. The minimum atomic E-state index is -0.539. The van der Waals surface area contributed by atoms with Crippen LogP contribution < -0.4 is 5.32 Å². The summed E-state index contributed by atoms with van der Waals surface area (Å²) in [6.45, 7) is 0. The van der Waals surface area contributed by atoms with Crippen LogP contribution in [0, 0.1) is 0 Å². The van der Waals surface area contributed by atoms with E-state index < -0.39 is 6.10 Å². The molecule has 2 unspecified atom stereocenters. The van der Waals surface area contributed by atoms with E-state index in [1.54, 1.807) is 0 Å². The molecule has 1 heterocycles. The fourth-order valence-corrected chi connectivity index (χ4v) is 1.75. The fraction of sp³-hybridized carbons (Fsp3) is 0.364. The molecule has 0 radical (unpaired) electrons. The summed E-state index contributed by atoms with van der Waals surface area (Å²) < 4.78 is 0. The molecule has 1 saturated heterocycles. The molecule has 3 heteroatoms. The average molecular weight is 191 g/mol. The van der Waals surface area contributed by atoms with Crippen molar-refractivity contribution in [1.82, 2.24) is 5.32 Å². The van der Waals surface area contributed by atoms with Gasteiger partial charge in [-0.05, 0) is 12.0 Å². The van der Waals surface area contributed by atoms with Crippen LogP contribution in [-0.2, 0) is 11.2 Å². The largest absolute Gasteiger partial charge is 0.390 e. The lowest BCUT2D eigenvalue weighted by Gasteiger charge is -2.13. The van der Waals surface area contributed by atoms with Crippen LogP contribution in [0.25, 0.3) is 0 Å². The van der Waals surface area contributed by atoms with Crippen molar-refractivity contribution in [2.75, 3.05) is 0 Å². The van der Waals surface area contributed by atoms with E-state index in [9.17, 15) is 9.90 Å². The predicted molar refractivity (Wildman–Crippen MR) is 52.7 cm³/mol. The Balaban J connectivity index is 2.02. The van der Waals surface area contributed by atoms with Gasteiger partial charge in [0.05, 0.1) is 18.6 Å². The summed E-state index contributed by atoms with van der Waals surface area (Å²) in [4.78, 5) is 11.0. The van der Waals surface area contributed by atoms with E-state index in [0.717, 1.165) is 5.56 Å². The number of rotatable bonds is 2. The number of hydrogen-bond acceptors (Lipinski definition) is 2. The minimum Gasteiger partial charge on any atom is -0.390 e. The Labute approximate surface area is 82.8 Å². The lowest BCUT2D eigenvalue weighted by Crippen LogP contribution is -2.33. The zero-order chi connectivity index (χ0) is 9.97. The highest BCUT2D eigenvalue weighted by Crippen LogP contribution is 2.13. The highest BCUT2D eigenvalue weighted by Gasteiger charge is 2.30. The van der Waals surface area contributed by atoms with Gasteiger partial charge < -0.3 is 10.4 Å². The number of aliphatic hydroxyl groups excluding tert-OH is 1. The van der Waals surface area contributed by atoms with Gasteiger partial charge in [0.1, 0.15) is 0 Å². The van der Waals surface area contributed by atoms with Crippen LogP contribution in [0.5, 0.6) is 0 Å². The molecule has 1 aliphatic rings. The molecule has 0 aromatic heterocycles. The van der Waals surface area contributed by atoms with Crippen LogP contribution in [0.3, 0.4) is 0 Å². The normalized spacial score (nSPS) is 26.2. The Morgan fingerprint density at radius 1 is 1.36 bits per heavy atom. The number of carbonyl (C=O) groups is 1. The third-order valence-corrected chi connectivity index (χ3v) is 2.50. The Hall–Kier alpha value is -1.35. The Kier molecular flexibility index (Phi) is 2.50. The van der Waals surface area contributed by atoms with Gasteiger partial charge in [-0.3, -0.25) is 4.79 Å². The van der Waals surface area contributed by atoms with Gasteiger partial charge in [0.25, 0.3) is 0 Å². The van der Waals surface area contributed by atoms with E-state index in [1.165, 1.54) is 0 Å². The molecule has 2 rings (SSSR count). The smallest absolute Gasteiger partial charge is 0.223 e. The molecule has 0 bridgehead atoms. The maximum absolute atomic E-state index is 11.0. The van der Waals surface area contributed by atoms with E-state index in [0.29, 0.717) is 6.42 Å². The molecule has 2 N–H and O–H groups in total. The van der Waals surface area contributed by atoms with Crippen LogP contribution in [0.4, 0.5) is 0 Å². The zero-order valence-corrected chi connectivity index (χ0v) is 7.81. The molecule has 1 aromatic carbocycles. The van der Waals surface area contributed by atoms with Crippen molar-refractivity contribution >= 4 is 5.91 Å². The van der Waals surface area contributed by atoms with E-state index >= 15 is 0 Å². The lowest BCUT2D eigenvalue weighted by atomic mass is 10.0.